The molecule has 1 fully saturated rings. The zero-order valence-corrected chi connectivity index (χ0v) is 15.1. The van der Waals surface area contributed by atoms with E-state index in [0.717, 1.165) is 16.7 Å². The van der Waals surface area contributed by atoms with E-state index in [1.54, 1.807) is 17.3 Å². The van der Waals surface area contributed by atoms with Gasteiger partial charge in [-0.2, -0.15) is 4.31 Å². The highest BCUT2D eigenvalue weighted by Gasteiger charge is 2.29. The summed E-state index contributed by atoms with van der Waals surface area (Å²) in [7, 11) is -3.37. The lowest BCUT2D eigenvalue weighted by molar-refractivity contribution is -0.131. The Hall–Kier alpha value is -2.12. The summed E-state index contributed by atoms with van der Waals surface area (Å²) in [6.07, 6.45) is 3.94. The highest BCUT2D eigenvalue weighted by Crippen LogP contribution is 2.17. The minimum absolute atomic E-state index is 0.0109. The van der Waals surface area contributed by atoms with Crippen molar-refractivity contribution in [3.63, 3.8) is 0 Å². The molecule has 25 heavy (non-hydrogen) atoms. The number of nitrogens with zero attached hydrogens (tertiary/aromatic N) is 2. The van der Waals surface area contributed by atoms with Crippen molar-refractivity contribution in [1.29, 1.82) is 0 Å². The first-order valence-electron chi connectivity index (χ1n) is 8.37. The third kappa shape index (κ3) is 4.29. The number of H-pyrrole nitrogens is 1. The number of hydrogen-bond acceptors (Lipinski definition) is 3. The molecule has 6 nitrogen and oxygen atoms in total. The zero-order chi connectivity index (χ0) is 17.9. The summed E-state index contributed by atoms with van der Waals surface area (Å²) in [5.74, 6) is 0.0484. The number of amides is 1. The number of carbonyl (C=O) groups is 1. The smallest absolute Gasteiger partial charge is 0.227 e. The second-order valence-corrected chi connectivity index (χ2v) is 8.33. The van der Waals surface area contributed by atoms with Gasteiger partial charge in [-0.25, -0.2) is 8.42 Å². The third-order valence-corrected chi connectivity index (χ3v) is 6.43. The van der Waals surface area contributed by atoms with E-state index in [2.05, 4.69) is 4.98 Å². The molecule has 1 aliphatic rings. The number of piperazine rings is 1. The van der Waals surface area contributed by atoms with Crippen LogP contribution in [0.2, 0.25) is 0 Å². The number of aryl methyl sites for hydroxylation is 1. The van der Waals surface area contributed by atoms with Gasteiger partial charge in [-0.1, -0.05) is 24.3 Å². The van der Waals surface area contributed by atoms with Crippen LogP contribution in [-0.2, 0) is 27.0 Å². The fourth-order valence-electron chi connectivity index (χ4n) is 3.03. The number of rotatable bonds is 5. The molecular weight excluding hydrogens is 338 g/mol. The minimum atomic E-state index is -3.37. The number of aromatic nitrogens is 1. The van der Waals surface area contributed by atoms with Crippen molar-refractivity contribution >= 4 is 15.9 Å². The summed E-state index contributed by atoms with van der Waals surface area (Å²) in [6.45, 7) is 3.51. The van der Waals surface area contributed by atoms with E-state index >= 15 is 0 Å². The maximum atomic E-state index is 12.7. The molecule has 0 unspecified atom stereocenters. The molecule has 3 rings (SSSR count). The summed E-state index contributed by atoms with van der Waals surface area (Å²) in [4.78, 5) is 17.0. The topological polar surface area (TPSA) is 73.5 Å². The zero-order valence-electron chi connectivity index (χ0n) is 14.3. The molecule has 0 radical (unpaired) electrons. The van der Waals surface area contributed by atoms with Crippen LogP contribution in [0.1, 0.15) is 16.7 Å². The Labute approximate surface area is 148 Å². The second-order valence-electron chi connectivity index (χ2n) is 6.36. The molecular formula is C18H23N3O3S. The van der Waals surface area contributed by atoms with E-state index in [4.69, 9.17) is 0 Å². The van der Waals surface area contributed by atoms with Crippen molar-refractivity contribution in [3.05, 3.63) is 59.4 Å². The predicted octanol–water partition coefficient (Wildman–Crippen LogP) is 1.54. The molecule has 0 saturated carbocycles. The first-order valence-corrected chi connectivity index (χ1v) is 9.98. The average Bonchev–Trinajstić information content (AvgIpc) is 3.10. The Balaban J connectivity index is 1.57. The molecule has 2 heterocycles. The minimum Gasteiger partial charge on any atom is -0.367 e. The number of carbonyl (C=O) groups excluding carboxylic acids is 1. The monoisotopic (exact) mass is 361 g/mol. The van der Waals surface area contributed by atoms with E-state index in [-0.39, 0.29) is 11.7 Å². The Morgan fingerprint density at radius 3 is 2.48 bits per heavy atom. The number of hydrogen-bond donors (Lipinski definition) is 1. The molecule has 1 aromatic heterocycles. The summed E-state index contributed by atoms with van der Waals surface area (Å²) >= 11 is 0. The van der Waals surface area contributed by atoms with Gasteiger partial charge in [0.15, 0.2) is 0 Å². The van der Waals surface area contributed by atoms with Crippen LogP contribution in [0.5, 0.6) is 0 Å². The van der Waals surface area contributed by atoms with Gasteiger partial charge in [-0.15, -0.1) is 0 Å². The van der Waals surface area contributed by atoms with Crippen molar-refractivity contribution < 1.29 is 13.2 Å². The van der Waals surface area contributed by atoms with Gasteiger partial charge in [0, 0.05) is 38.6 Å². The van der Waals surface area contributed by atoms with E-state index < -0.39 is 10.0 Å². The quantitative estimate of drug-likeness (QED) is 0.878. The van der Waals surface area contributed by atoms with Crippen LogP contribution in [0.4, 0.5) is 0 Å². The first kappa shape index (κ1) is 17.7. The van der Waals surface area contributed by atoms with Crippen molar-refractivity contribution in [3.8, 4) is 0 Å². The normalized spacial score (nSPS) is 16.1. The van der Waals surface area contributed by atoms with Crippen LogP contribution < -0.4 is 0 Å². The van der Waals surface area contributed by atoms with Gasteiger partial charge in [-0.05, 0) is 29.7 Å². The summed E-state index contributed by atoms with van der Waals surface area (Å²) < 4.78 is 26.8. The second kappa shape index (κ2) is 7.41. The molecule has 7 heteroatoms. The summed E-state index contributed by atoms with van der Waals surface area (Å²) in [5, 5.41) is 0. The van der Waals surface area contributed by atoms with Gasteiger partial charge in [0.05, 0.1) is 12.2 Å². The maximum absolute atomic E-state index is 12.7. The van der Waals surface area contributed by atoms with Gasteiger partial charge in [0.2, 0.25) is 15.9 Å². The van der Waals surface area contributed by atoms with E-state index in [9.17, 15) is 13.2 Å². The van der Waals surface area contributed by atoms with Crippen LogP contribution in [0, 0.1) is 6.92 Å². The molecule has 134 valence electrons. The SMILES string of the molecule is Cc1ccccc1CS(=O)(=O)N1CCN(C(=O)Cc2cc[nH]c2)CC1. The van der Waals surface area contributed by atoms with Crippen LogP contribution in [0.3, 0.4) is 0 Å². The van der Waals surface area contributed by atoms with Crippen LogP contribution in [0.25, 0.3) is 0 Å². The predicted molar refractivity (Wildman–Crippen MR) is 96.5 cm³/mol. The molecule has 0 atom stereocenters. The highest BCUT2D eigenvalue weighted by atomic mass is 32.2. The molecule has 1 N–H and O–H groups in total. The Kier molecular flexibility index (Phi) is 5.24. The molecule has 0 aliphatic carbocycles. The molecule has 1 amide bonds. The lowest BCUT2D eigenvalue weighted by atomic mass is 10.1. The summed E-state index contributed by atoms with van der Waals surface area (Å²) in [5.41, 5.74) is 2.75. The van der Waals surface area contributed by atoms with E-state index in [1.807, 2.05) is 37.3 Å². The molecule has 1 aliphatic heterocycles. The number of nitrogens with one attached hydrogen (secondary N) is 1. The highest BCUT2D eigenvalue weighted by molar-refractivity contribution is 7.88. The fraction of sp³-hybridized carbons (Fsp3) is 0.389. The van der Waals surface area contributed by atoms with Gasteiger partial charge in [0.1, 0.15) is 0 Å². The molecule has 0 spiro atoms. The standard InChI is InChI=1S/C18H23N3O3S/c1-15-4-2-3-5-17(15)14-25(23,24)21-10-8-20(9-11-21)18(22)12-16-6-7-19-13-16/h2-7,13,19H,8-12,14H2,1H3. The van der Waals surface area contributed by atoms with E-state index in [1.165, 1.54) is 4.31 Å². The van der Waals surface area contributed by atoms with Crippen LogP contribution in [-0.4, -0.2) is 54.7 Å². The average molecular weight is 361 g/mol. The van der Waals surface area contributed by atoms with Crippen molar-refractivity contribution in [1.82, 2.24) is 14.2 Å². The fourth-order valence-corrected chi connectivity index (χ4v) is 4.65. The van der Waals surface area contributed by atoms with E-state index in [0.29, 0.717) is 32.6 Å². The number of benzene rings is 1. The molecule has 0 bridgehead atoms. The van der Waals surface area contributed by atoms with Gasteiger partial charge < -0.3 is 9.88 Å². The van der Waals surface area contributed by atoms with Crippen LogP contribution >= 0.6 is 0 Å². The van der Waals surface area contributed by atoms with Crippen molar-refractivity contribution in [2.24, 2.45) is 0 Å². The van der Waals surface area contributed by atoms with Crippen LogP contribution in [0.15, 0.2) is 42.7 Å². The lowest BCUT2D eigenvalue weighted by Crippen LogP contribution is -2.51. The largest absolute Gasteiger partial charge is 0.367 e. The maximum Gasteiger partial charge on any atom is 0.227 e. The van der Waals surface area contributed by atoms with Gasteiger partial charge >= 0.3 is 0 Å². The number of aromatic amines is 1. The van der Waals surface area contributed by atoms with Crippen molar-refractivity contribution in [2.75, 3.05) is 26.2 Å². The molecule has 2 aromatic rings. The third-order valence-electron chi connectivity index (χ3n) is 4.60. The van der Waals surface area contributed by atoms with Crippen molar-refractivity contribution in [2.45, 2.75) is 19.1 Å². The Morgan fingerprint density at radius 2 is 1.84 bits per heavy atom. The summed E-state index contributed by atoms with van der Waals surface area (Å²) in [6, 6.07) is 9.41. The molecule has 1 saturated heterocycles. The Morgan fingerprint density at radius 1 is 1.12 bits per heavy atom. The first-order chi connectivity index (χ1) is 12.0. The molecule has 1 aromatic carbocycles. The lowest BCUT2D eigenvalue weighted by Gasteiger charge is -2.34. The Bertz CT molecular complexity index is 823. The number of sulfonamides is 1. The van der Waals surface area contributed by atoms with Gasteiger partial charge in [0.25, 0.3) is 0 Å². The van der Waals surface area contributed by atoms with Gasteiger partial charge in [-0.3, -0.25) is 4.79 Å².